The van der Waals surface area contributed by atoms with Crippen LogP contribution in [0.2, 0.25) is 0 Å². The largest absolute Gasteiger partial charge is 0.497 e. The van der Waals surface area contributed by atoms with Crippen LogP contribution in [0.15, 0.2) is 54.0 Å². The highest BCUT2D eigenvalue weighted by Gasteiger charge is 2.34. The molecule has 6 heteroatoms. The average Bonchev–Trinajstić information content (AvgIpc) is 3.16. The molecule has 0 saturated carbocycles. The molecule has 1 aromatic carbocycles. The number of imide groups is 1. The fourth-order valence-corrected chi connectivity index (χ4v) is 4.14. The Balaban J connectivity index is 1.85. The van der Waals surface area contributed by atoms with Gasteiger partial charge in [-0.25, -0.2) is 0 Å². The number of methoxy groups -OCH3 is 1. The van der Waals surface area contributed by atoms with Crippen molar-refractivity contribution in [2.75, 3.05) is 13.7 Å². The first kappa shape index (κ1) is 16.5. The molecule has 0 spiro atoms. The summed E-state index contributed by atoms with van der Waals surface area (Å²) in [7, 11) is 1.64. The zero-order valence-electron chi connectivity index (χ0n) is 13.0. The van der Waals surface area contributed by atoms with Crippen molar-refractivity contribution in [1.29, 1.82) is 0 Å². The zero-order valence-corrected chi connectivity index (χ0v) is 14.7. The first-order valence-corrected chi connectivity index (χ1v) is 8.86. The number of nitrogens with zero attached hydrogens (tertiary/aromatic N) is 1. The van der Waals surface area contributed by atoms with Crippen molar-refractivity contribution in [3.63, 3.8) is 0 Å². The van der Waals surface area contributed by atoms with E-state index in [-0.39, 0.29) is 17.7 Å². The maximum absolute atomic E-state index is 12.2. The molecule has 1 aromatic heterocycles. The van der Waals surface area contributed by atoms with Crippen LogP contribution >= 0.6 is 23.1 Å². The number of hydrogen-bond acceptors (Lipinski definition) is 5. The van der Waals surface area contributed by atoms with E-state index < -0.39 is 0 Å². The van der Waals surface area contributed by atoms with Crippen LogP contribution in [0.1, 0.15) is 4.88 Å². The fourth-order valence-electron chi connectivity index (χ4n) is 2.28. The number of thioether (sulfide) groups is 1. The van der Waals surface area contributed by atoms with E-state index in [1.807, 2.05) is 36.4 Å². The zero-order chi connectivity index (χ0) is 17.1. The SMILES string of the molecule is C=CCN1C(=O)S/C(=C\c2ccc(-c3cccc(OC)c3)s2)C1=O. The van der Waals surface area contributed by atoms with Crippen molar-refractivity contribution < 1.29 is 14.3 Å². The smallest absolute Gasteiger partial charge is 0.293 e. The van der Waals surface area contributed by atoms with Gasteiger partial charge in [0.15, 0.2) is 0 Å². The molecule has 0 bridgehead atoms. The minimum absolute atomic E-state index is 0.238. The van der Waals surface area contributed by atoms with Crippen LogP contribution in [0.4, 0.5) is 4.79 Å². The van der Waals surface area contributed by atoms with Gasteiger partial charge in [0.2, 0.25) is 0 Å². The molecule has 0 radical (unpaired) electrons. The molecule has 0 aliphatic carbocycles. The maximum atomic E-state index is 12.2. The summed E-state index contributed by atoms with van der Waals surface area (Å²) in [4.78, 5) is 27.7. The van der Waals surface area contributed by atoms with Gasteiger partial charge in [-0.15, -0.1) is 17.9 Å². The van der Waals surface area contributed by atoms with Gasteiger partial charge in [0, 0.05) is 16.3 Å². The third kappa shape index (κ3) is 3.29. The number of rotatable bonds is 5. The molecule has 1 aliphatic rings. The van der Waals surface area contributed by atoms with E-state index in [1.54, 1.807) is 30.6 Å². The fraction of sp³-hybridized carbons (Fsp3) is 0.111. The van der Waals surface area contributed by atoms with Gasteiger partial charge < -0.3 is 4.74 Å². The quantitative estimate of drug-likeness (QED) is 0.577. The molecule has 4 nitrogen and oxygen atoms in total. The van der Waals surface area contributed by atoms with Crippen molar-refractivity contribution >= 4 is 40.3 Å². The lowest BCUT2D eigenvalue weighted by molar-refractivity contribution is -0.122. The number of ether oxygens (including phenoxy) is 1. The number of thiophene rings is 1. The molecule has 1 aliphatic heterocycles. The van der Waals surface area contributed by atoms with E-state index >= 15 is 0 Å². The third-order valence-electron chi connectivity index (χ3n) is 3.44. The van der Waals surface area contributed by atoms with Crippen LogP contribution < -0.4 is 4.74 Å². The Morgan fingerprint density at radius 3 is 2.83 bits per heavy atom. The highest BCUT2D eigenvalue weighted by Crippen LogP contribution is 2.35. The Labute approximate surface area is 148 Å². The van der Waals surface area contributed by atoms with Crippen molar-refractivity contribution in [2.24, 2.45) is 0 Å². The summed E-state index contributed by atoms with van der Waals surface area (Å²) in [5, 5.41) is -0.254. The summed E-state index contributed by atoms with van der Waals surface area (Å²) < 4.78 is 5.25. The van der Waals surface area contributed by atoms with Gasteiger partial charge in [-0.3, -0.25) is 14.5 Å². The summed E-state index contributed by atoms with van der Waals surface area (Å²) in [5.41, 5.74) is 1.05. The summed E-state index contributed by atoms with van der Waals surface area (Å²) in [5.74, 6) is 0.536. The Morgan fingerprint density at radius 1 is 1.25 bits per heavy atom. The van der Waals surface area contributed by atoms with Gasteiger partial charge >= 0.3 is 0 Å². The van der Waals surface area contributed by atoms with Crippen LogP contribution in [-0.4, -0.2) is 29.7 Å². The maximum Gasteiger partial charge on any atom is 0.293 e. The first-order chi connectivity index (χ1) is 11.6. The molecule has 0 N–H and O–H groups in total. The van der Waals surface area contributed by atoms with Gasteiger partial charge in [0.1, 0.15) is 5.75 Å². The lowest BCUT2D eigenvalue weighted by atomic mass is 10.2. The minimum atomic E-state index is -0.263. The van der Waals surface area contributed by atoms with E-state index in [0.29, 0.717) is 4.91 Å². The van der Waals surface area contributed by atoms with Crippen LogP contribution in [0.5, 0.6) is 5.75 Å². The second-order valence-corrected chi connectivity index (χ2v) is 7.12. The molecule has 1 saturated heterocycles. The van der Waals surface area contributed by atoms with Crippen LogP contribution in [0, 0.1) is 0 Å². The Kier molecular flexibility index (Phi) is 4.87. The second-order valence-electron chi connectivity index (χ2n) is 5.01. The normalized spacial score (nSPS) is 16.0. The Hall–Kier alpha value is -2.31. The third-order valence-corrected chi connectivity index (χ3v) is 5.43. The van der Waals surface area contributed by atoms with Crippen molar-refractivity contribution in [3.05, 3.63) is 58.8 Å². The lowest BCUT2D eigenvalue weighted by Gasteiger charge is -2.07. The monoisotopic (exact) mass is 357 g/mol. The molecule has 1 fully saturated rings. The molecule has 0 unspecified atom stereocenters. The lowest BCUT2D eigenvalue weighted by Crippen LogP contribution is -2.27. The summed E-state index contributed by atoms with van der Waals surface area (Å²) in [6.45, 7) is 3.81. The number of amides is 2. The molecule has 2 amide bonds. The summed E-state index contributed by atoms with van der Waals surface area (Å²) in [6.07, 6.45) is 3.31. The number of benzene rings is 1. The molecule has 122 valence electrons. The van der Waals surface area contributed by atoms with Crippen LogP contribution in [0.25, 0.3) is 16.5 Å². The molecular formula is C18H15NO3S2. The van der Waals surface area contributed by atoms with Crippen LogP contribution in [-0.2, 0) is 4.79 Å². The van der Waals surface area contributed by atoms with Crippen molar-refractivity contribution in [3.8, 4) is 16.2 Å². The van der Waals surface area contributed by atoms with E-state index in [1.165, 1.54) is 4.90 Å². The van der Waals surface area contributed by atoms with Crippen molar-refractivity contribution in [2.45, 2.75) is 0 Å². The highest BCUT2D eigenvalue weighted by molar-refractivity contribution is 8.18. The number of carbonyl (C=O) groups is 2. The predicted molar refractivity (Wildman–Crippen MR) is 99.2 cm³/mol. The second kappa shape index (κ2) is 7.07. The number of carbonyl (C=O) groups excluding carboxylic acids is 2. The highest BCUT2D eigenvalue weighted by atomic mass is 32.2. The molecule has 2 heterocycles. The molecular weight excluding hydrogens is 342 g/mol. The minimum Gasteiger partial charge on any atom is -0.497 e. The topological polar surface area (TPSA) is 46.6 Å². The Bertz CT molecular complexity index is 838. The average molecular weight is 357 g/mol. The predicted octanol–water partition coefficient (Wildman–Crippen LogP) is 4.65. The van der Waals surface area contributed by atoms with Gasteiger partial charge in [0.25, 0.3) is 11.1 Å². The molecule has 3 rings (SSSR count). The molecule has 2 aromatic rings. The van der Waals surface area contributed by atoms with Crippen LogP contribution in [0.3, 0.4) is 0 Å². The number of hydrogen-bond donors (Lipinski definition) is 0. The van der Waals surface area contributed by atoms with Crippen molar-refractivity contribution in [1.82, 2.24) is 4.90 Å². The van der Waals surface area contributed by atoms with E-state index in [9.17, 15) is 9.59 Å². The van der Waals surface area contributed by atoms with Gasteiger partial charge in [-0.05, 0) is 47.7 Å². The van der Waals surface area contributed by atoms with E-state index in [4.69, 9.17) is 4.74 Å². The van der Waals surface area contributed by atoms with E-state index in [0.717, 1.165) is 32.8 Å². The molecule has 24 heavy (non-hydrogen) atoms. The van der Waals surface area contributed by atoms with Gasteiger partial charge in [-0.2, -0.15) is 0 Å². The summed E-state index contributed by atoms with van der Waals surface area (Å²) >= 11 is 2.53. The van der Waals surface area contributed by atoms with Gasteiger partial charge in [-0.1, -0.05) is 18.2 Å². The molecule has 0 atom stereocenters. The Morgan fingerprint density at radius 2 is 2.08 bits per heavy atom. The standard InChI is InChI=1S/C18H15NO3S2/c1-3-9-19-17(20)16(24-18(19)21)11-14-7-8-15(23-14)12-5-4-6-13(10-12)22-2/h3-8,10-11H,1,9H2,2H3/b16-11-. The van der Waals surface area contributed by atoms with Gasteiger partial charge in [0.05, 0.1) is 12.0 Å². The van der Waals surface area contributed by atoms with E-state index in [2.05, 4.69) is 6.58 Å². The summed E-state index contributed by atoms with van der Waals surface area (Å²) in [6, 6.07) is 11.8. The first-order valence-electron chi connectivity index (χ1n) is 7.23.